The first-order valence-electron chi connectivity index (χ1n) is 9.37. The van der Waals surface area contributed by atoms with Crippen molar-refractivity contribution in [2.24, 2.45) is 5.92 Å². The van der Waals surface area contributed by atoms with Crippen molar-refractivity contribution in [2.45, 2.75) is 27.2 Å². The van der Waals surface area contributed by atoms with Crippen LogP contribution in [0, 0.1) is 26.7 Å². The highest BCUT2D eigenvalue weighted by molar-refractivity contribution is 7.15. The van der Waals surface area contributed by atoms with Crippen LogP contribution in [0.25, 0.3) is 11.1 Å². The molecule has 29 heavy (non-hydrogen) atoms. The number of rotatable bonds is 4. The van der Waals surface area contributed by atoms with Crippen molar-refractivity contribution in [3.63, 3.8) is 0 Å². The Morgan fingerprint density at radius 2 is 1.93 bits per heavy atom. The maximum atomic E-state index is 12.8. The first-order chi connectivity index (χ1) is 13.9. The average molecular weight is 407 g/mol. The third-order valence-electron chi connectivity index (χ3n) is 5.09. The first-order valence-corrected chi connectivity index (χ1v) is 10.2. The predicted octanol–water partition coefficient (Wildman–Crippen LogP) is 3.52. The van der Waals surface area contributed by atoms with Crippen LogP contribution in [0.4, 0.5) is 10.9 Å². The fourth-order valence-electron chi connectivity index (χ4n) is 3.41. The Morgan fingerprint density at radius 1 is 1.17 bits per heavy atom. The Bertz CT molecular complexity index is 1080. The molecule has 0 spiro atoms. The van der Waals surface area contributed by atoms with Crippen molar-refractivity contribution in [1.29, 1.82) is 0 Å². The van der Waals surface area contributed by atoms with E-state index in [1.165, 1.54) is 16.2 Å². The molecule has 0 radical (unpaired) electrons. The molecule has 8 heteroatoms. The van der Waals surface area contributed by atoms with Gasteiger partial charge < -0.3 is 5.32 Å². The molecule has 7 nitrogen and oxygen atoms in total. The van der Waals surface area contributed by atoms with Crippen molar-refractivity contribution < 1.29 is 9.59 Å². The van der Waals surface area contributed by atoms with E-state index in [4.69, 9.17) is 0 Å². The molecule has 0 saturated carbocycles. The van der Waals surface area contributed by atoms with E-state index in [1.807, 2.05) is 57.2 Å². The van der Waals surface area contributed by atoms with Gasteiger partial charge in [0.15, 0.2) is 0 Å². The molecule has 1 fully saturated rings. The van der Waals surface area contributed by atoms with E-state index in [2.05, 4.69) is 20.5 Å². The van der Waals surface area contributed by atoms with E-state index in [0.29, 0.717) is 17.5 Å². The summed E-state index contributed by atoms with van der Waals surface area (Å²) in [4.78, 5) is 31.2. The van der Waals surface area contributed by atoms with Gasteiger partial charge in [0.05, 0.1) is 5.92 Å². The normalized spacial score (nSPS) is 16.3. The number of hydrogen-bond donors (Lipinski definition) is 1. The molecule has 3 aromatic rings. The standard InChI is InChI=1S/C21H21N5O2S/c1-12-13(2)22-18(10-17(12)15-7-5-4-6-8-15)23-20(28)16-9-19(27)26(11-16)21-25-24-14(3)29-21/h4-8,10,16H,9,11H2,1-3H3,(H,22,23,28). The molecular weight excluding hydrogens is 386 g/mol. The summed E-state index contributed by atoms with van der Waals surface area (Å²) >= 11 is 1.35. The monoisotopic (exact) mass is 407 g/mol. The van der Waals surface area contributed by atoms with Crippen LogP contribution in [0.2, 0.25) is 0 Å². The summed E-state index contributed by atoms with van der Waals surface area (Å²) in [6.07, 6.45) is 0.154. The number of hydrogen-bond acceptors (Lipinski definition) is 6. The summed E-state index contributed by atoms with van der Waals surface area (Å²) in [6, 6.07) is 11.9. The van der Waals surface area contributed by atoms with Gasteiger partial charge in [-0.3, -0.25) is 14.5 Å². The lowest BCUT2D eigenvalue weighted by Gasteiger charge is -2.15. The van der Waals surface area contributed by atoms with Gasteiger partial charge in [-0.25, -0.2) is 4.98 Å². The number of amides is 2. The molecule has 1 aliphatic rings. The lowest BCUT2D eigenvalue weighted by molar-refractivity contribution is -0.122. The third kappa shape index (κ3) is 3.88. The lowest BCUT2D eigenvalue weighted by Crippen LogP contribution is -2.28. The number of aromatic nitrogens is 3. The van der Waals surface area contributed by atoms with Crippen LogP contribution < -0.4 is 10.2 Å². The second-order valence-electron chi connectivity index (χ2n) is 7.13. The lowest BCUT2D eigenvalue weighted by atomic mass is 10.00. The van der Waals surface area contributed by atoms with E-state index < -0.39 is 5.92 Å². The van der Waals surface area contributed by atoms with Gasteiger partial charge in [0, 0.05) is 18.7 Å². The summed E-state index contributed by atoms with van der Waals surface area (Å²) in [5.74, 6) is -0.277. The van der Waals surface area contributed by atoms with Crippen LogP contribution in [0.3, 0.4) is 0 Å². The third-order valence-corrected chi connectivity index (χ3v) is 5.96. The largest absolute Gasteiger partial charge is 0.310 e. The minimum Gasteiger partial charge on any atom is -0.310 e. The molecule has 148 valence electrons. The molecule has 0 bridgehead atoms. The second kappa shape index (κ2) is 7.71. The van der Waals surface area contributed by atoms with Crippen LogP contribution in [0.1, 0.15) is 22.7 Å². The molecule has 1 unspecified atom stereocenters. The summed E-state index contributed by atoms with van der Waals surface area (Å²) in [7, 11) is 0. The van der Waals surface area contributed by atoms with E-state index in [0.717, 1.165) is 27.4 Å². The van der Waals surface area contributed by atoms with Gasteiger partial charge in [-0.05, 0) is 43.5 Å². The molecular formula is C21H21N5O2S. The molecule has 1 aliphatic heterocycles. The van der Waals surface area contributed by atoms with Gasteiger partial charge in [0.1, 0.15) is 10.8 Å². The zero-order valence-corrected chi connectivity index (χ0v) is 17.3. The van der Waals surface area contributed by atoms with Gasteiger partial charge >= 0.3 is 0 Å². The Kier molecular flexibility index (Phi) is 5.10. The number of pyridine rings is 1. The Balaban J connectivity index is 1.53. The zero-order chi connectivity index (χ0) is 20.5. The highest BCUT2D eigenvalue weighted by Gasteiger charge is 2.36. The number of anilines is 2. The molecule has 3 heterocycles. The highest BCUT2D eigenvalue weighted by atomic mass is 32.1. The van der Waals surface area contributed by atoms with Crippen molar-refractivity contribution in [2.75, 3.05) is 16.8 Å². The number of carbonyl (C=O) groups excluding carboxylic acids is 2. The molecule has 1 N–H and O–H groups in total. The molecule has 1 saturated heterocycles. The maximum absolute atomic E-state index is 12.8. The summed E-state index contributed by atoms with van der Waals surface area (Å²) in [5, 5.41) is 12.2. The number of benzene rings is 1. The molecule has 2 aromatic heterocycles. The van der Waals surface area contributed by atoms with Crippen molar-refractivity contribution in [3.8, 4) is 11.1 Å². The molecule has 0 aliphatic carbocycles. The molecule has 1 aromatic carbocycles. The van der Waals surface area contributed by atoms with Crippen LogP contribution >= 0.6 is 11.3 Å². The highest BCUT2D eigenvalue weighted by Crippen LogP contribution is 2.30. The van der Waals surface area contributed by atoms with Crippen LogP contribution in [0.5, 0.6) is 0 Å². The quantitative estimate of drug-likeness (QED) is 0.715. The Morgan fingerprint density at radius 3 is 2.62 bits per heavy atom. The van der Waals surface area contributed by atoms with E-state index in [9.17, 15) is 9.59 Å². The minimum absolute atomic E-state index is 0.112. The van der Waals surface area contributed by atoms with Gasteiger partial charge in [-0.1, -0.05) is 41.7 Å². The van der Waals surface area contributed by atoms with E-state index in [-0.39, 0.29) is 18.2 Å². The molecule has 1 atom stereocenters. The van der Waals surface area contributed by atoms with Crippen molar-refractivity contribution in [3.05, 3.63) is 52.7 Å². The first kappa shape index (κ1) is 19.2. The minimum atomic E-state index is -0.449. The maximum Gasteiger partial charge on any atom is 0.230 e. The number of nitrogens with one attached hydrogen (secondary N) is 1. The smallest absolute Gasteiger partial charge is 0.230 e. The van der Waals surface area contributed by atoms with Crippen LogP contribution in [-0.2, 0) is 9.59 Å². The van der Waals surface area contributed by atoms with Gasteiger partial charge in [-0.15, -0.1) is 10.2 Å². The number of carbonyl (C=O) groups is 2. The summed E-state index contributed by atoms with van der Waals surface area (Å²) < 4.78 is 0. The second-order valence-corrected chi connectivity index (χ2v) is 8.29. The SMILES string of the molecule is Cc1nnc(N2CC(C(=O)Nc3cc(-c4ccccc4)c(C)c(C)n3)CC2=O)s1. The summed E-state index contributed by atoms with van der Waals surface area (Å²) in [6.45, 7) is 6.08. The predicted molar refractivity (Wildman–Crippen MR) is 113 cm³/mol. The van der Waals surface area contributed by atoms with Crippen molar-refractivity contribution >= 4 is 34.1 Å². The van der Waals surface area contributed by atoms with Crippen LogP contribution in [-0.4, -0.2) is 33.5 Å². The van der Waals surface area contributed by atoms with E-state index >= 15 is 0 Å². The molecule has 2 amide bonds. The Hall–Kier alpha value is -3.13. The molecule has 4 rings (SSSR count). The number of aryl methyl sites for hydroxylation is 2. The van der Waals surface area contributed by atoms with Crippen LogP contribution in [0.15, 0.2) is 36.4 Å². The average Bonchev–Trinajstić information content (AvgIpc) is 3.30. The number of nitrogens with zero attached hydrogens (tertiary/aromatic N) is 4. The Labute approximate surface area is 172 Å². The van der Waals surface area contributed by atoms with Gasteiger partial charge in [-0.2, -0.15) is 0 Å². The van der Waals surface area contributed by atoms with E-state index in [1.54, 1.807) is 0 Å². The van der Waals surface area contributed by atoms with Crippen molar-refractivity contribution in [1.82, 2.24) is 15.2 Å². The summed E-state index contributed by atoms with van der Waals surface area (Å²) in [5.41, 5.74) is 4.03. The topological polar surface area (TPSA) is 88.1 Å². The fourth-order valence-corrected chi connectivity index (χ4v) is 4.12. The van der Waals surface area contributed by atoms with Gasteiger partial charge in [0.25, 0.3) is 0 Å². The zero-order valence-electron chi connectivity index (χ0n) is 16.5. The fraction of sp³-hybridized carbons (Fsp3) is 0.286. The van der Waals surface area contributed by atoms with Gasteiger partial charge in [0.2, 0.25) is 16.9 Å².